The van der Waals surface area contributed by atoms with Crippen molar-refractivity contribution in [3.05, 3.63) is 124 Å². The lowest BCUT2D eigenvalue weighted by atomic mass is 9.99. The SMILES string of the molecule is Fc1ccccc1-c1ccncc1CN1C(c2ccc(Cl)cc2)=NOC1c1cc(C(F)(F)F)cc(C(F)(F)F)c1. The van der Waals surface area contributed by atoms with Gasteiger partial charge in [-0.2, -0.15) is 26.3 Å². The summed E-state index contributed by atoms with van der Waals surface area (Å²) in [6, 6.07) is 15.0. The first-order valence-electron chi connectivity index (χ1n) is 11.7. The van der Waals surface area contributed by atoms with Crippen LogP contribution in [0.2, 0.25) is 5.02 Å². The highest BCUT2D eigenvalue weighted by molar-refractivity contribution is 6.30. The number of benzene rings is 3. The first-order valence-corrected chi connectivity index (χ1v) is 12.0. The van der Waals surface area contributed by atoms with Gasteiger partial charge in [0, 0.05) is 34.1 Å². The molecule has 0 amide bonds. The van der Waals surface area contributed by atoms with Gasteiger partial charge in [0.1, 0.15) is 5.82 Å². The van der Waals surface area contributed by atoms with Crippen molar-refractivity contribution >= 4 is 17.4 Å². The molecular weight excluding hydrogens is 563 g/mol. The van der Waals surface area contributed by atoms with Crippen LogP contribution in [0.4, 0.5) is 30.7 Å². The summed E-state index contributed by atoms with van der Waals surface area (Å²) in [7, 11) is 0. The van der Waals surface area contributed by atoms with Crippen molar-refractivity contribution < 1.29 is 35.6 Å². The number of alkyl halides is 6. The molecule has 206 valence electrons. The van der Waals surface area contributed by atoms with E-state index in [2.05, 4.69) is 10.1 Å². The van der Waals surface area contributed by atoms with Crippen LogP contribution in [-0.2, 0) is 23.7 Å². The highest BCUT2D eigenvalue weighted by atomic mass is 35.5. The van der Waals surface area contributed by atoms with Crippen molar-refractivity contribution in [2.24, 2.45) is 5.16 Å². The van der Waals surface area contributed by atoms with Gasteiger partial charge >= 0.3 is 12.4 Å². The molecule has 0 radical (unpaired) electrons. The molecule has 0 bridgehead atoms. The molecule has 1 aromatic heterocycles. The minimum Gasteiger partial charge on any atom is -0.363 e. The van der Waals surface area contributed by atoms with Gasteiger partial charge in [-0.15, -0.1) is 0 Å². The van der Waals surface area contributed by atoms with E-state index < -0.39 is 41.1 Å². The van der Waals surface area contributed by atoms with Crippen LogP contribution in [0.3, 0.4) is 0 Å². The number of oxime groups is 1. The number of rotatable bonds is 5. The zero-order valence-corrected chi connectivity index (χ0v) is 20.9. The summed E-state index contributed by atoms with van der Waals surface area (Å²) in [5, 5.41) is 4.41. The van der Waals surface area contributed by atoms with E-state index in [-0.39, 0.29) is 24.0 Å². The summed E-state index contributed by atoms with van der Waals surface area (Å²) in [5.74, 6) is -0.403. The molecule has 0 spiro atoms. The van der Waals surface area contributed by atoms with Crippen molar-refractivity contribution in [2.75, 3.05) is 0 Å². The minimum atomic E-state index is -5.05. The van der Waals surface area contributed by atoms with Crippen LogP contribution in [0.1, 0.15) is 34.0 Å². The Morgan fingerprint density at radius 3 is 2.10 bits per heavy atom. The first kappa shape index (κ1) is 27.4. The van der Waals surface area contributed by atoms with Crippen LogP contribution < -0.4 is 0 Å². The molecule has 4 nitrogen and oxygen atoms in total. The summed E-state index contributed by atoms with van der Waals surface area (Å²) in [5.41, 5.74) is -1.89. The Morgan fingerprint density at radius 1 is 0.825 bits per heavy atom. The molecule has 1 aliphatic rings. The van der Waals surface area contributed by atoms with Crippen molar-refractivity contribution in [2.45, 2.75) is 25.1 Å². The van der Waals surface area contributed by atoms with Crippen LogP contribution in [0.25, 0.3) is 11.1 Å². The average molecular weight is 580 g/mol. The third kappa shape index (κ3) is 5.60. The van der Waals surface area contributed by atoms with Crippen molar-refractivity contribution in [3.8, 4) is 11.1 Å². The smallest absolute Gasteiger partial charge is 0.363 e. The first-order chi connectivity index (χ1) is 18.9. The molecule has 0 N–H and O–H groups in total. The molecule has 0 aliphatic carbocycles. The third-order valence-electron chi connectivity index (χ3n) is 6.20. The molecule has 4 aromatic rings. The maximum Gasteiger partial charge on any atom is 0.416 e. The predicted octanol–water partition coefficient (Wildman–Crippen LogP) is 8.47. The summed E-state index contributed by atoms with van der Waals surface area (Å²) < 4.78 is 96.4. The van der Waals surface area contributed by atoms with Gasteiger partial charge in [-0.3, -0.25) is 4.98 Å². The molecule has 2 heterocycles. The van der Waals surface area contributed by atoms with E-state index in [1.54, 1.807) is 42.5 Å². The van der Waals surface area contributed by atoms with Gasteiger partial charge in [0.25, 0.3) is 0 Å². The zero-order valence-electron chi connectivity index (χ0n) is 20.1. The van der Waals surface area contributed by atoms with Crippen molar-refractivity contribution in [3.63, 3.8) is 0 Å². The standard InChI is InChI=1S/C28H17ClF7N3O/c29-21-7-5-16(6-8-21)25-38-40-26(17-11-19(27(31,32)33)13-20(12-17)28(34,35)36)39(25)15-18-14-37-10-9-22(18)23-3-1-2-4-24(23)30/h1-14,26H,15H2. The lowest BCUT2D eigenvalue weighted by molar-refractivity contribution is -0.143. The number of aromatic nitrogens is 1. The van der Waals surface area contributed by atoms with Gasteiger partial charge in [-0.05, 0) is 65.7 Å². The Hall–Kier alpha value is -4.12. The van der Waals surface area contributed by atoms with Gasteiger partial charge < -0.3 is 9.74 Å². The van der Waals surface area contributed by atoms with E-state index in [0.29, 0.717) is 33.8 Å². The van der Waals surface area contributed by atoms with Gasteiger partial charge in [0.05, 0.1) is 17.7 Å². The zero-order chi connectivity index (χ0) is 28.7. The molecular formula is C28H17ClF7N3O. The predicted molar refractivity (Wildman–Crippen MR) is 133 cm³/mol. The molecule has 0 saturated heterocycles. The van der Waals surface area contributed by atoms with Crippen LogP contribution in [0.15, 0.2) is 90.3 Å². The Labute approximate surface area is 228 Å². The van der Waals surface area contributed by atoms with E-state index in [1.165, 1.54) is 29.4 Å². The molecule has 5 rings (SSSR count). The highest BCUT2D eigenvalue weighted by Crippen LogP contribution is 2.41. The molecule has 1 unspecified atom stereocenters. The number of nitrogens with zero attached hydrogens (tertiary/aromatic N) is 3. The van der Waals surface area contributed by atoms with Crippen LogP contribution in [-0.4, -0.2) is 15.7 Å². The van der Waals surface area contributed by atoms with Gasteiger partial charge in [0.2, 0.25) is 6.23 Å². The maximum atomic E-state index is 14.7. The molecule has 1 atom stereocenters. The fourth-order valence-corrected chi connectivity index (χ4v) is 4.46. The summed E-state index contributed by atoms with van der Waals surface area (Å²) in [4.78, 5) is 11.0. The number of pyridine rings is 1. The number of amidine groups is 1. The highest BCUT2D eigenvalue weighted by Gasteiger charge is 2.40. The molecule has 40 heavy (non-hydrogen) atoms. The number of hydrogen-bond donors (Lipinski definition) is 0. The van der Waals surface area contributed by atoms with E-state index in [4.69, 9.17) is 16.4 Å². The van der Waals surface area contributed by atoms with E-state index in [9.17, 15) is 30.7 Å². The van der Waals surface area contributed by atoms with Gasteiger partial charge in [0.15, 0.2) is 5.84 Å². The van der Waals surface area contributed by atoms with Crippen LogP contribution >= 0.6 is 11.6 Å². The number of hydrogen-bond acceptors (Lipinski definition) is 4. The number of halogens is 8. The second kappa shape index (κ2) is 10.5. The van der Waals surface area contributed by atoms with Gasteiger partial charge in [-0.25, -0.2) is 4.39 Å². The Bertz CT molecular complexity index is 1540. The largest absolute Gasteiger partial charge is 0.416 e. The fraction of sp³-hybridized carbons (Fsp3) is 0.143. The fourth-order valence-electron chi connectivity index (χ4n) is 4.34. The Kier molecular flexibility index (Phi) is 7.17. The minimum absolute atomic E-state index is 0.0428. The van der Waals surface area contributed by atoms with E-state index >= 15 is 0 Å². The third-order valence-corrected chi connectivity index (χ3v) is 6.45. The molecule has 12 heteroatoms. The Balaban J connectivity index is 1.63. The second-order valence-electron chi connectivity index (χ2n) is 8.86. The average Bonchev–Trinajstić information content (AvgIpc) is 3.32. The van der Waals surface area contributed by atoms with Crippen molar-refractivity contribution in [1.82, 2.24) is 9.88 Å². The van der Waals surface area contributed by atoms with Crippen LogP contribution in [0, 0.1) is 5.82 Å². The summed E-state index contributed by atoms with van der Waals surface area (Å²) >= 11 is 5.99. The summed E-state index contributed by atoms with van der Waals surface area (Å²) in [6.07, 6.45) is -8.71. The van der Waals surface area contributed by atoms with Crippen LogP contribution in [0.5, 0.6) is 0 Å². The maximum absolute atomic E-state index is 14.7. The lowest BCUT2D eigenvalue weighted by Gasteiger charge is -2.27. The molecule has 1 aliphatic heterocycles. The van der Waals surface area contributed by atoms with Gasteiger partial charge in [-0.1, -0.05) is 35.0 Å². The molecule has 0 fully saturated rings. The summed E-state index contributed by atoms with van der Waals surface area (Å²) in [6.45, 7) is -0.152. The normalized spacial score (nSPS) is 15.7. The topological polar surface area (TPSA) is 37.7 Å². The van der Waals surface area contributed by atoms with E-state index in [0.717, 1.165) is 0 Å². The molecule has 0 saturated carbocycles. The molecule has 3 aromatic carbocycles. The second-order valence-corrected chi connectivity index (χ2v) is 9.30. The Morgan fingerprint density at radius 2 is 1.48 bits per heavy atom. The van der Waals surface area contributed by atoms with Crippen molar-refractivity contribution in [1.29, 1.82) is 0 Å². The monoisotopic (exact) mass is 579 g/mol. The van der Waals surface area contributed by atoms with E-state index in [1.807, 2.05) is 0 Å². The lowest BCUT2D eigenvalue weighted by Crippen LogP contribution is -2.31. The quantitative estimate of drug-likeness (QED) is 0.223.